The van der Waals surface area contributed by atoms with Gasteiger partial charge < -0.3 is 5.32 Å². The van der Waals surface area contributed by atoms with Gasteiger partial charge in [0.1, 0.15) is 0 Å². The third-order valence-electron chi connectivity index (χ3n) is 2.92. The second-order valence-electron chi connectivity index (χ2n) is 3.76. The summed E-state index contributed by atoms with van der Waals surface area (Å²) in [5.74, 6) is 0.690. The number of fused-ring (bicyclic) bond motifs is 1. The molecule has 2 nitrogen and oxygen atoms in total. The van der Waals surface area contributed by atoms with Gasteiger partial charge in [0.15, 0.2) is 0 Å². The van der Waals surface area contributed by atoms with Crippen molar-refractivity contribution in [2.75, 3.05) is 13.1 Å². The first-order valence-electron chi connectivity index (χ1n) is 4.96. The van der Waals surface area contributed by atoms with Crippen molar-refractivity contribution < 1.29 is 0 Å². The van der Waals surface area contributed by atoms with E-state index in [1.807, 2.05) is 6.20 Å². The van der Waals surface area contributed by atoms with Gasteiger partial charge in [-0.3, -0.25) is 4.98 Å². The lowest BCUT2D eigenvalue weighted by molar-refractivity contribution is 0.769. The molecule has 0 bridgehead atoms. The quantitative estimate of drug-likeness (QED) is 0.771. The van der Waals surface area contributed by atoms with E-state index in [2.05, 4.69) is 27.1 Å². The highest BCUT2D eigenvalue weighted by Crippen LogP contribution is 2.30. The summed E-state index contributed by atoms with van der Waals surface area (Å²) >= 11 is 1.74. The average Bonchev–Trinajstić information content (AvgIpc) is 2.88. The van der Waals surface area contributed by atoms with E-state index < -0.39 is 0 Å². The molecule has 0 saturated carbocycles. The largest absolute Gasteiger partial charge is 0.316 e. The third-order valence-corrected chi connectivity index (χ3v) is 3.65. The minimum absolute atomic E-state index is 0.690. The molecular weight excluding hydrogens is 192 g/mol. The van der Waals surface area contributed by atoms with E-state index in [1.165, 1.54) is 17.4 Å². The second-order valence-corrected chi connectivity index (χ2v) is 4.50. The van der Waals surface area contributed by atoms with E-state index in [0.717, 1.165) is 18.6 Å². The normalized spacial score (nSPS) is 21.9. The number of aromatic nitrogens is 1. The minimum atomic E-state index is 0.690. The fraction of sp³-hybridized carbons (Fsp3) is 0.364. The van der Waals surface area contributed by atoms with E-state index in [4.69, 9.17) is 0 Å². The molecule has 1 saturated heterocycles. The van der Waals surface area contributed by atoms with Gasteiger partial charge in [-0.1, -0.05) is 0 Å². The maximum atomic E-state index is 4.36. The smallest absolute Gasteiger partial charge is 0.0811 e. The van der Waals surface area contributed by atoms with Crippen molar-refractivity contribution in [3.63, 3.8) is 0 Å². The van der Waals surface area contributed by atoms with Crippen molar-refractivity contribution in [3.05, 3.63) is 28.6 Å². The SMILES string of the molecule is c1cc(C2CCNC2)c2cscc2n1. The number of pyridine rings is 1. The van der Waals surface area contributed by atoms with Crippen molar-refractivity contribution in [2.45, 2.75) is 12.3 Å². The Morgan fingerprint density at radius 1 is 1.43 bits per heavy atom. The number of rotatable bonds is 1. The van der Waals surface area contributed by atoms with E-state index in [-0.39, 0.29) is 0 Å². The molecule has 0 radical (unpaired) electrons. The van der Waals surface area contributed by atoms with Crippen LogP contribution in [0.25, 0.3) is 10.9 Å². The first-order chi connectivity index (χ1) is 6.95. The molecule has 2 aromatic heterocycles. The molecule has 0 amide bonds. The van der Waals surface area contributed by atoms with Gasteiger partial charge in [0, 0.05) is 28.9 Å². The molecule has 1 fully saturated rings. The van der Waals surface area contributed by atoms with Crippen LogP contribution >= 0.6 is 11.3 Å². The fourth-order valence-electron chi connectivity index (χ4n) is 2.17. The molecular formula is C11H12N2S. The zero-order valence-electron chi connectivity index (χ0n) is 7.86. The lowest BCUT2D eigenvalue weighted by atomic mass is 9.97. The Morgan fingerprint density at radius 2 is 2.43 bits per heavy atom. The molecule has 1 aliphatic rings. The average molecular weight is 204 g/mol. The summed E-state index contributed by atoms with van der Waals surface area (Å²) in [6.45, 7) is 2.27. The topological polar surface area (TPSA) is 24.9 Å². The highest BCUT2D eigenvalue weighted by molar-refractivity contribution is 7.09. The van der Waals surface area contributed by atoms with Crippen molar-refractivity contribution in [1.29, 1.82) is 0 Å². The van der Waals surface area contributed by atoms with Crippen LogP contribution in [0.15, 0.2) is 23.0 Å². The molecule has 3 heteroatoms. The number of thiophene rings is 1. The van der Waals surface area contributed by atoms with Gasteiger partial charge in [-0.2, -0.15) is 0 Å². The molecule has 1 N–H and O–H groups in total. The molecule has 72 valence electrons. The Balaban J connectivity index is 2.14. The number of hydrogen-bond acceptors (Lipinski definition) is 3. The summed E-state index contributed by atoms with van der Waals surface area (Å²) in [5, 5.41) is 9.11. The van der Waals surface area contributed by atoms with E-state index in [1.54, 1.807) is 11.3 Å². The number of nitrogens with one attached hydrogen (secondary N) is 1. The standard InChI is InChI=1S/C11H12N2S/c1-3-12-5-8(1)9-2-4-13-11-7-14-6-10(9)11/h2,4,6-8,12H,1,3,5H2. The Hall–Kier alpha value is -0.930. The third kappa shape index (κ3) is 1.24. The summed E-state index contributed by atoms with van der Waals surface area (Å²) in [5.41, 5.74) is 2.63. The van der Waals surface area contributed by atoms with Crippen LogP contribution in [0.1, 0.15) is 17.9 Å². The summed E-state index contributed by atoms with van der Waals surface area (Å²) in [7, 11) is 0. The maximum Gasteiger partial charge on any atom is 0.0811 e. The highest BCUT2D eigenvalue weighted by Gasteiger charge is 2.18. The van der Waals surface area contributed by atoms with Gasteiger partial charge in [-0.05, 0) is 30.5 Å². The summed E-state index contributed by atoms with van der Waals surface area (Å²) < 4.78 is 0. The molecule has 2 aromatic rings. The van der Waals surface area contributed by atoms with Crippen LogP contribution < -0.4 is 5.32 Å². The molecule has 14 heavy (non-hydrogen) atoms. The van der Waals surface area contributed by atoms with E-state index in [0.29, 0.717) is 5.92 Å². The Labute approximate surface area is 87.0 Å². The van der Waals surface area contributed by atoms with E-state index in [9.17, 15) is 0 Å². The van der Waals surface area contributed by atoms with Crippen LogP contribution in [0.5, 0.6) is 0 Å². The maximum absolute atomic E-state index is 4.36. The molecule has 0 spiro atoms. The lowest BCUT2D eigenvalue weighted by Gasteiger charge is -2.09. The molecule has 3 heterocycles. The van der Waals surface area contributed by atoms with Gasteiger partial charge >= 0.3 is 0 Å². The van der Waals surface area contributed by atoms with Crippen molar-refractivity contribution in [2.24, 2.45) is 0 Å². The Morgan fingerprint density at radius 3 is 3.29 bits per heavy atom. The predicted molar refractivity (Wildman–Crippen MR) is 59.8 cm³/mol. The van der Waals surface area contributed by atoms with Crippen molar-refractivity contribution >= 4 is 22.2 Å². The van der Waals surface area contributed by atoms with Crippen LogP contribution in [-0.4, -0.2) is 18.1 Å². The van der Waals surface area contributed by atoms with Crippen LogP contribution in [0, 0.1) is 0 Å². The van der Waals surface area contributed by atoms with Gasteiger partial charge in [0.2, 0.25) is 0 Å². The van der Waals surface area contributed by atoms with Crippen molar-refractivity contribution in [1.82, 2.24) is 10.3 Å². The second kappa shape index (κ2) is 3.33. The molecule has 1 atom stereocenters. The molecule has 1 aliphatic heterocycles. The Kier molecular flexibility index (Phi) is 2.00. The lowest BCUT2D eigenvalue weighted by Crippen LogP contribution is -2.08. The summed E-state index contributed by atoms with van der Waals surface area (Å²) in [4.78, 5) is 4.36. The van der Waals surface area contributed by atoms with Gasteiger partial charge in [0.25, 0.3) is 0 Å². The van der Waals surface area contributed by atoms with E-state index >= 15 is 0 Å². The van der Waals surface area contributed by atoms with Crippen LogP contribution in [0.2, 0.25) is 0 Å². The number of hydrogen-bond donors (Lipinski definition) is 1. The predicted octanol–water partition coefficient (Wildman–Crippen LogP) is 2.37. The summed E-state index contributed by atoms with van der Waals surface area (Å²) in [6.07, 6.45) is 3.19. The van der Waals surface area contributed by atoms with Crippen LogP contribution in [0.4, 0.5) is 0 Å². The van der Waals surface area contributed by atoms with Crippen molar-refractivity contribution in [3.8, 4) is 0 Å². The molecule has 0 aromatic carbocycles. The monoisotopic (exact) mass is 204 g/mol. The van der Waals surface area contributed by atoms with Crippen LogP contribution in [-0.2, 0) is 0 Å². The van der Waals surface area contributed by atoms with Gasteiger partial charge in [-0.15, -0.1) is 11.3 Å². The first kappa shape index (κ1) is 8.38. The molecule has 0 aliphatic carbocycles. The Bertz CT molecular complexity index is 443. The van der Waals surface area contributed by atoms with Crippen LogP contribution in [0.3, 0.4) is 0 Å². The summed E-state index contributed by atoms with van der Waals surface area (Å²) in [6, 6.07) is 2.17. The number of nitrogens with zero attached hydrogens (tertiary/aromatic N) is 1. The zero-order chi connectivity index (χ0) is 9.38. The van der Waals surface area contributed by atoms with Gasteiger partial charge in [0.05, 0.1) is 5.52 Å². The highest BCUT2D eigenvalue weighted by atomic mass is 32.1. The minimum Gasteiger partial charge on any atom is -0.316 e. The molecule has 3 rings (SSSR count). The van der Waals surface area contributed by atoms with Gasteiger partial charge in [-0.25, -0.2) is 0 Å². The zero-order valence-corrected chi connectivity index (χ0v) is 8.68. The molecule has 1 unspecified atom stereocenters. The first-order valence-corrected chi connectivity index (χ1v) is 5.91. The fourth-order valence-corrected chi connectivity index (χ4v) is 2.95.